The highest BCUT2D eigenvalue weighted by atomic mass is 35.5. The number of amides is 1. The smallest absolute Gasteiger partial charge is 0.410 e. The van der Waals surface area contributed by atoms with Crippen LogP contribution in [0.5, 0.6) is 0 Å². The molecule has 6 heteroatoms. The van der Waals surface area contributed by atoms with Crippen LogP contribution < -0.4 is 0 Å². The summed E-state index contributed by atoms with van der Waals surface area (Å²) in [6.07, 6.45) is 0.478. The average molecular weight is 356 g/mol. The van der Waals surface area contributed by atoms with Gasteiger partial charge in [0.15, 0.2) is 0 Å². The van der Waals surface area contributed by atoms with Gasteiger partial charge >= 0.3 is 12.1 Å². The Bertz CT molecular complexity index is 564. The van der Waals surface area contributed by atoms with Crippen LogP contribution in [0.25, 0.3) is 0 Å². The molecule has 24 heavy (non-hydrogen) atoms. The predicted octanol–water partition coefficient (Wildman–Crippen LogP) is 4.07. The lowest BCUT2D eigenvalue weighted by Gasteiger charge is -2.38. The summed E-state index contributed by atoms with van der Waals surface area (Å²) in [6.45, 7) is 8.01. The van der Waals surface area contributed by atoms with Crippen molar-refractivity contribution in [3.63, 3.8) is 0 Å². The van der Waals surface area contributed by atoms with Crippen LogP contribution in [0, 0.1) is 0 Å². The number of carbonyl (C=O) groups excluding carboxylic acids is 2. The highest BCUT2D eigenvalue weighted by Gasteiger charge is 2.44. The molecule has 5 nitrogen and oxygen atoms in total. The number of nitrogens with zero attached hydrogens (tertiary/aromatic N) is 1. The van der Waals surface area contributed by atoms with E-state index in [1.54, 1.807) is 32.9 Å². The molecule has 0 aliphatic heterocycles. The van der Waals surface area contributed by atoms with Gasteiger partial charge in [-0.3, -0.25) is 4.90 Å². The summed E-state index contributed by atoms with van der Waals surface area (Å²) in [5.41, 5.74) is -0.313. The second-order valence-corrected chi connectivity index (χ2v) is 6.09. The Labute approximate surface area is 148 Å². The first kappa shape index (κ1) is 20.3. The molecule has 1 aromatic carbocycles. The maximum atomic E-state index is 12.7. The maximum Gasteiger partial charge on any atom is 0.410 e. The molecule has 0 aliphatic rings. The molecule has 0 spiro atoms. The number of benzene rings is 1. The molecule has 0 aromatic heterocycles. The first-order chi connectivity index (χ1) is 11.4. The Morgan fingerprint density at radius 1 is 1.17 bits per heavy atom. The van der Waals surface area contributed by atoms with Crippen molar-refractivity contribution in [1.29, 1.82) is 0 Å². The van der Waals surface area contributed by atoms with Crippen LogP contribution in [-0.4, -0.2) is 42.3 Å². The van der Waals surface area contributed by atoms with Gasteiger partial charge in [0.05, 0.1) is 13.2 Å². The van der Waals surface area contributed by atoms with E-state index in [-0.39, 0.29) is 13.2 Å². The SMILES string of the molecule is CCCN(C(=O)OCC)C(C)(Cc1cccc(Cl)c1)C(=O)OCC. The molecular formula is C18H26ClNO4. The van der Waals surface area contributed by atoms with Crippen molar-refractivity contribution in [1.82, 2.24) is 4.90 Å². The highest BCUT2D eigenvalue weighted by Crippen LogP contribution is 2.26. The third-order valence-electron chi connectivity index (χ3n) is 3.68. The minimum Gasteiger partial charge on any atom is -0.464 e. The van der Waals surface area contributed by atoms with Gasteiger partial charge in [-0.25, -0.2) is 9.59 Å². The van der Waals surface area contributed by atoms with Crippen LogP contribution in [0.3, 0.4) is 0 Å². The van der Waals surface area contributed by atoms with E-state index >= 15 is 0 Å². The van der Waals surface area contributed by atoms with E-state index in [2.05, 4.69) is 0 Å². The fourth-order valence-corrected chi connectivity index (χ4v) is 2.79. The predicted molar refractivity (Wildman–Crippen MR) is 94.2 cm³/mol. The molecule has 0 saturated carbocycles. The molecule has 0 fully saturated rings. The van der Waals surface area contributed by atoms with Crippen LogP contribution >= 0.6 is 11.6 Å². The Hall–Kier alpha value is -1.75. The van der Waals surface area contributed by atoms with Crippen LogP contribution in [-0.2, 0) is 20.7 Å². The van der Waals surface area contributed by atoms with Gasteiger partial charge in [-0.05, 0) is 44.9 Å². The fraction of sp³-hybridized carbons (Fsp3) is 0.556. The molecule has 0 N–H and O–H groups in total. The van der Waals surface area contributed by atoms with Crippen LogP contribution in [0.4, 0.5) is 4.79 Å². The molecule has 134 valence electrons. The molecular weight excluding hydrogens is 330 g/mol. The Morgan fingerprint density at radius 3 is 2.38 bits per heavy atom. The fourth-order valence-electron chi connectivity index (χ4n) is 2.57. The van der Waals surface area contributed by atoms with Crippen molar-refractivity contribution in [2.75, 3.05) is 19.8 Å². The van der Waals surface area contributed by atoms with Gasteiger partial charge in [-0.2, -0.15) is 0 Å². The number of hydrogen-bond donors (Lipinski definition) is 0. The monoisotopic (exact) mass is 355 g/mol. The quantitative estimate of drug-likeness (QED) is 0.659. The third kappa shape index (κ3) is 5.13. The second-order valence-electron chi connectivity index (χ2n) is 5.65. The summed E-state index contributed by atoms with van der Waals surface area (Å²) in [5.74, 6) is -0.452. The minimum atomic E-state index is -1.16. The lowest BCUT2D eigenvalue weighted by Crippen LogP contribution is -2.57. The number of ether oxygens (including phenoxy) is 2. The molecule has 1 amide bonds. The lowest BCUT2D eigenvalue weighted by molar-refractivity contribution is -0.156. The molecule has 0 heterocycles. The number of carbonyl (C=O) groups is 2. The number of esters is 1. The van der Waals surface area contributed by atoms with E-state index in [1.807, 2.05) is 19.1 Å². The number of hydrogen-bond acceptors (Lipinski definition) is 4. The Kier molecular flexibility index (Phi) is 8.05. The van der Waals surface area contributed by atoms with Crippen molar-refractivity contribution in [3.8, 4) is 0 Å². The second kappa shape index (κ2) is 9.52. The van der Waals surface area contributed by atoms with Gasteiger partial charge in [-0.1, -0.05) is 30.7 Å². The van der Waals surface area contributed by atoms with Gasteiger partial charge in [0.25, 0.3) is 0 Å². The van der Waals surface area contributed by atoms with E-state index in [0.29, 0.717) is 24.4 Å². The van der Waals surface area contributed by atoms with Crippen molar-refractivity contribution in [3.05, 3.63) is 34.9 Å². The standard InChI is InChI=1S/C18H26ClNO4/c1-5-11-20(17(22)24-7-3)18(4,16(21)23-6-2)13-14-9-8-10-15(19)12-14/h8-10,12H,5-7,11,13H2,1-4H3. The van der Waals surface area contributed by atoms with Gasteiger partial charge in [-0.15, -0.1) is 0 Å². The van der Waals surface area contributed by atoms with E-state index in [9.17, 15) is 9.59 Å². The van der Waals surface area contributed by atoms with E-state index in [4.69, 9.17) is 21.1 Å². The zero-order valence-electron chi connectivity index (χ0n) is 14.8. The zero-order chi connectivity index (χ0) is 18.2. The maximum absolute atomic E-state index is 12.7. The summed E-state index contributed by atoms with van der Waals surface area (Å²) in [4.78, 5) is 26.5. The summed E-state index contributed by atoms with van der Waals surface area (Å²) in [6, 6.07) is 7.24. The summed E-state index contributed by atoms with van der Waals surface area (Å²) >= 11 is 6.05. The van der Waals surface area contributed by atoms with Gasteiger partial charge in [0.1, 0.15) is 5.54 Å². The summed E-state index contributed by atoms with van der Waals surface area (Å²) in [5, 5.41) is 0.580. The highest BCUT2D eigenvalue weighted by molar-refractivity contribution is 6.30. The molecule has 1 atom stereocenters. The van der Waals surface area contributed by atoms with Gasteiger partial charge < -0.3 is 9.47 Å². The lowest BCUT2D eigenvalue weighted by atomic mass is 9.90. The summed E-state index contributed by atoms with van der Waals surface area (Å²) < 4.78 is 10.4. The van der Waals surface area contributed by atoms with Gasteiger partial charge in [0.2, 0.25) is 0 Å². The van der Waals surface area contributed by atoms with Crippen molar-refractivity contribution < 1.29 is 19.1 Å². The van der Waals surface area contributed by atoms with E-state index in [1.165, 1.54) is 4.90 Å². The third-order valence-corrected chi connectivity index (χ3v) is 3.92. The molecule has 0 saturated heterocycles. The molecule has 0 bridgehead atoms. The topological polar surface area (TPSA) is 55.8 Å². The molecule has 1 aromatic rings. The molecule has 0 aliphatic carbocycles. The minimum absolute atomic E-state index is 0.243. The zero-order valence-corrected chi connectivity index (χ0v) is 15.6. The Morgan fingerprint density at radius 2 is 1.83 bits per heavy atom. The van der Waals surface area contributed by atoms with Crippen molar-refractivity contribution >= 4 is 23.7 Å². The Balaban J connectivity index is 3.24. The van der Waals surface area contributed by atoms with Crippen LogP contribution in [0.1, 0.15) is 39.7 Å². The van der Waals surface area contributed by atoms with Crippen molar-refractivity contribution in [2.24, 2.45) is 0 Å². The normalized spacial score (nSPS) is 13.0. The summed E-state index contributed by atoms with van der Waals surface area (Å²) in [7, 11) is 0. The van der Waals surface area contributed by atoms with Crippen molar-refractivity contribution in [2.45, 2.75) is 46.1 Å². The first-order valence-corrected chi connectivity index (χ1v) is 8.62. The van der Waals surface area contributed by atoms with E-state index < -0.39 is 17.6 Å². The molecule has 0 radical (unpaired) electrons. The first-order valence-electron chi connectivity index (χ1n) is 8.25. The average Bonchev–Trinajstić information content (AvgIpc) is 2.52. The van der Waals surface area contributed by atoms with Crippen LogP contribution in [0.2, 0.25) is 5.02 Å². The molecule has 1 rings (SSSR count). The molecule has 1 unspecified atom stereocenters. The number of rotatable bonds is 8. The number of halogens is 1. The van der Waals surface area contributed by atoms with E-state index in [0.717, 1.165) is 5.56 Å². The van der Waals surface area contributed by atoms with Gasteiger partial charge in [0, 0.05) is 18.0 Å². The van der Waals surface area contributed by atoms with Crippen LogP contribution in [0.15, 0.2) is 24.3 Å². The largest absolute Gasteiger partial charge is 0.464 e.